The minimum atomic E-state index is 0.536. The molecule has 0 N–H and O–H groups in total. The summed E-state index contributed by atoms with van der Waals surface area (Å²) in [6, 6.07) is 13.7. The second-order valence-corrected chi connectivity index (χ2v) is 5.96. The van der Waals surface area contributed by atoms with Gasteiger partial charge in [0.1, 0.15) is 11.4 Å². The van der Waals surface area contributed by atoms with Gasteiger partial charge in [0.05, 0.1) is 12.8 Å². The highest BCUT2D eigenvalue weighted by molar-refractivity contribution is 6.18. The normalized spacial score (nSPS) is 11.0. The van der Waals surface area contributed by atoms with Gasteiger partial charge in [0.2, 0.25) is 0 Å². The van der Waals surface area contributed by atoms with Crippen LogP contribution in [-0.2, 0) is 0 Å². The van der Waals surface area contributed by atoms with Crippen LogP contribution in [0.25, 0.3) is 0 Å². The number of aryl methyl sites for hydroxylation is 1. The molecule has 0 aliphatic rings. The van der Waals surface area contributed by atoms with Gasteiger partial charge in [-0.2, -0.15) is 5.11 Å². The molecule has 0 aromatic heterocycles. The van der Waals surface area contributed by atoms with E-state index in [0.717, 1.165) is 30.0 Å². The Morgan fingerprint density at radius 3 is 2.25 bits per heavy atom. The second kappa shape index (κ2) is 9.50. The summed E-state index contributed by atoms with van der Waals surface area (Å²) in [5.41, 5.74) is 3.60. The Labute approximate surface area is 153 Å². The summed E-state index contributed by atoms with van der Waals surface area (Å²) in [4.78, 5) is 2.12. The predicted molar refractivity (Wildman–Crippen MR) is 102 cm³/mol. The number of nitrogens with zero attached hydrogens (tertiary/aromatic N) is 3. The van der Waals surface area contributed by atoms with Crippen molar-refractivity contribution < 1.29 is 4.74 Å². The van der Waals surface area contributed by atoms with E-state index in [-0.39, 0.29) is 0 Å². The molecule has 0 bridgehead atoms. The highest BCUT2D eigenvalue weighted by Crippen LogP contribution is 2.33. The molecule has 2 aromatic rings. The number of hydrogen-bond acceptors (Lipinski definition) is 4. The number of hydrogen-bond donors (Lipinski definition) is 0. The van der Waals surface area contributed by atoms with Gasteiger partial charge >= 0.3 is 0 Å². The van der Waals surface area contributed by atoms with E-state index in [0.29, 0.717) is 23.2 Å². The Hall–Kier alpha value is -1.78. The van der Waals surface area contributed by atoms with E-state index >= 15 is 0 Å². The first kappa shape index (κ1) is 18.6. The molecule has 0 spiro atoms. The molecule has 0 saturated heterocycles. The molecule has 2 aromatic carbocycles. The molecule has 0 heterocycles. The number of rotatable bonds is 8. The molecule has 0 radical (unpaired) electrons. The minimum Gasteiger partial charge on any atom is -0.494 e. The van der Waals surface area contributed by atoms with Crippen LogP contribution in [0.5, 0.6) is 5.75 Å². The Morgan fingerprint density at radius 1 is 0.958 bits per heavy atom. The molecule has 0 aliphatic carbocycles. The van der Waals surface area contributed by atoms with E-state index < -0.39 is 0 Å². The number of ether oxygens (including phenoxy) is 1. The lowest BCUT2D eigenvalue weighted by molar-refractivity contribution is 0.416. The van der Waals surface area contributed by atoms with Crippen molar-refractivity contribution in [2.45, 2.75) is 6.92 Å². The Morgan fingerprint density at radius 2 is 1.62 bits per heavy atom. The van der Waals surface area contributed by atoms with Crippen molar-refractivity contribution in [3.63, 3.8) is 0 Å². The summed E-state index contributed by atoms with van der Waals surface area (Å²) < 4.78 is 5.46. The van der Waals surface area contributed by atoms with Crippen LogP contribution in [0, 0.1) is 6.92 Å². The number of methoxy groups -OCH3 is 1. The van der Waals surface area contributed by atoms with Gasteiger partial charge in [-0.1, -0.05) is 18.2 Å². The summed E-state index contributed by atoms with van der Waals surface area (Å²) in [5, 5.41) is 8.65. The van der Waals surface area contributed by atoms with Crippen LogP contribution in [0.4, 0.5) is 17.1 Å². The largest absolute Gasteiger partial charge is 0.494 e. The molecule has 6 heteroatoms. The first-order chi connectivity index (χ1) is 11.7. The molecular weight excluding hydrogens is 345 g/mol. The summed E-state index contributed by atoms with van der Waals surface area (Å²) in [6.07, 6.45) is 0. The van der Waals surface area contributed by atoms with Crippen molar-refractivity contribution >= 4 is 40.3 Å². The lowest BCUT2D eigenvalue weighted by Crippen LogP contribution is -2.27. The molecule has 0 saturated carbocycles. The SMILES string of the molecule is COc1cc(N(CCCl)CCCl)ccc1N=Nc1ccccc1C. The monoisotopic (exact) mass is 365 g/mol. The van der Waals surface area contributed by atoms with Crippen molar-refractivity contribution in [2.75, 3.05) is 36.9 Å². The van der Waals surface area contributed by atoms with Gasteiger partial charge in [-0.05, 0) is 30.7 Å². The van der Waals surface area contributed by atoms with Crippen molar-refractivity contribution in [3.8, 4) is 5.75 Å². The van der Waals surface area contributed by atoms with Gasteiger partial charge in [0.25, 0.3) is 0 Å². The average Bonchev–Trinajstić information content (AvgIpc) is 2.61. The number of benzene rings is 2. The number of alkyl halides is 2. The van der Waals surface area contributed by atoms with Crippen LogP contribution < -0.4 is 9.64 Å². The lowest BCUT2D eigenvalue weighted by atomic mass is 10.2. The van der Waals surface area contributed by atoms with Crippen LogP contribution in [0.15, 0.2) is 52.7 Å². The third-order valence-electron chi connectivity index (χ3n) is 3.62. The van der Waals surface area contributed by atoms with E-state index in [1.54, 1.807) is 7.11 Å². The number of halogens is 2. The molecule has 0 amide bonds. The average molecular weight is 366 g/mol. The smallest absolute Gasteiger partial charge is 0.148 e. The van der Waals surface area contributed by atoms with Crippen LogP contribution in [-0.4, -0.2) is 32.0 Å². The number of azo groups is 1. The molecule has 24 heavy (non-hydrogen) atoms. The summed E-state index contributed by atoms with van der Waals surface area (Å²) in [5.74, 6) is 1.74. The lowest BCUT2D eigenvalue weighted by Gasteiger charge is -2.23. The van der Waals surface area contributed by atoms with Gasteiger partial charge in [0, 0.05) is 36.6 Å². The molecule has 0 aliphatic heterocycles. The summed E-state index contributed by atoms with van der Waals surface area (Å²) >= 11 is 11.7. The highest BCUT2D eigenvalue weighted by atomic mass is 35.5. The fourth-order valence-corrected chi connectivity index (χ4v) is 2.71. The first-order valence-electron chi connectivity index (χ1n) is 7.72. The second-order valence-electron chi connectivity index (χ2n) is 5.21. The third kappa shape index (κ3) is 4.86. The van der Waals surface area contributed by atoms with Crippen molar-refractivity contribution in [3.05, 3.63) is 48.0 Å². The van der Waals surface area contributed by atoms with E-state index in [9.17, 15) is 0 Å². The van der Waals surface area contributed by atoms with Gasteiger partial charge in [-0.15, -0.1) is 28.3 Å². The highest BCUT2D eigenvalue weighted by Gasteiger charge is 2.10. The van der Waals surface area contributed by atoms with E-state index in [1.807, 2.05) is 49.4 Å². The molecule has 0 fully saturated rings. The van der Waals surface area contributed by atoms with Gasteiger partial charge in [-0.25, -0.2) is 0 Å². The summed E-state index contributed by atoms with van der Waals surface area (Å²) in [7, 11) is 1.62. The standard InChI is InChI=1S/C18H21Cl2N3O/c1-14-5-3-4-6-16(14)21-22-17-8-7-15(13-18(17)24-2)23(11-9-19)12-10-20/h3-8,13H,9-12H2,1-2H3. The zero-order chi connectivity index (χ0) is 17.4. The van der Waals surface area contributed by atoms with Crippen molar-refractivity contribution in [1.82, 2.24) is 0 Å². The summed E-state index contributed by atoms with van der Waals surface area (Å²) in [6.45, 7) is 3.45. The quantitative estimate of drug-likeness (QED) is 0.444. The maximum Gasteiger partial charge on any atom is 0.148 e. The van der Waals surface area contributed by atoms with E-state index in [1.165, 1.54) is 0 Å². The van der Waals surface area contributed by atoms with Gasteiger partial charge in [-0.3, -0.25) is 0 Å². The first-order valence-corrected chi connectivity index (χ1v) is 8.78. The maximum absolute atomic E-state index is 5.87. The van der Waals surface area contributed by atoms with E-state index in [2.05, 4.69) is 15.1 Å². The number of anilines is 1. The van der Waals surface area contributed by atoms with E-state index in [4.69, 9.17) is 27.9 Å². The zero-order valence-electron chi connectivity index (χ0n) is 13.9. The van der Waals surface area contributed by atoms with Gasteiger partial charge in [0.15, 0.2) is 0 Å². The molecular formula is C18H21Cl2N3O. The third-order valence-corrected chi connectivity index (χ3v) is 3.96. The van der Waals surface area contributed by atoms with Crippen LogP contribution in [0.3, 0.4) is 0 Å². The fourth-order valence-electron chi connectivity index (χ4n) is 2.30. The van der Waals surface area contributed by atoms with Crippen LogP contribution in [0.2, 0.25) is 0 Å². The zero-order valence-corrected chi connectivity index (χ0v) is 15.4. The van der Waals surface area contributed by atoms with Gasteiger partial charge < -0.3 is 9.64 Å². The Kier molecular flexibility index (Phi) is 7.35. The molecule has 0 unspecified atom stereocenters. The van der Waals surface area contributed by atoms with Crippen LogP contribution in [0.1, 0.15) is 5.56 Å². The van der Waals surface area contributed by atoms with Crippen molar-refractivity contribution in [1.29, 1.82) is 0 Å². The van der Waals surface area contributed by atoms with Crippen LogP contribution >= 0.6 is 23.2 Å². The molecule has 0 atom stereocenters. The molecule has 128 valence electrons. The minimum absolute atomic E-state index is 0.536. The molecule has 2 rings (SSSR count). The Bertz CT molecular complexity index is 686. The predicted octanol–water partition coefficient (Wildman–Crippen LogP) is 5.70. The topological polar surface area (TPSA) is 37.2 Å². The maximum atomic E-state index is 5.87. The molecule has 4 nitrogen and oxygen atoms in total. The fraction of sp³-hybridized carbons (Fsp3) is 0.333. The Balaban J connectivity index is 2.27. The van der Waals surface area contributed by atoms with Crippen molar-refractivity contribution in [2.24, 2.45) is 10.2 Å².